The summed E-state index contributed by atoms with van der Waals surface area (Å²) in [4.78, 5) is 12.1. The monoisotopic (exact) mass is 350 g/mol. The number of amides is 1. The highest BCUT2D eigenvalue weighted by atomic mass is 35.5. The van der Waals surface area contributed by atoms with Gasteiger partial charge in [-0.15, -0.1) is 0 Å². The Morgan fingerprint density at radius 2 is 1.91 bits per heavy atom. The lowest BCUT2D eigenvalue weighted by atomic mass is 10.1. The number of nitrogens with one attached hydrogen (secondary N) is 2. The van der Waals surface area contributed by atoms with Crippen molar-refractivity contribution >= 4 is 34.8 Å². The van der Waals surface area contributed by atoms with Gasteiger partial charge in [0.25, 0.3) is 0 Å². The van der Waals surface area contributed by atoms with E-state index in [1.165, 1.54) is 0 Å². The summed E-state index contributed by atoms with van der Waals surface area (Å²) in [6.45, 7) is 4.23. The molecule has 0 saturated carbocycles. The predicted octanol–water partition coefficient (Wildman–Crippen LogP) is 4.85. The highest BCUT2D eigenvalue weighted by Crippen LogP contribution is 2.26. The Labute approximate surface area is 147 Å². The van der Waals surface area contributed by atoms with Gasteiger partial charge in [-0.25, -0.2) is 0 Å². The first-order valence-corrected chi connectivity index (χ1v) is 8.33. The molecule has 122 valence electrons. The third-order valence-corrected chi connectivity index (χ3v) is 4.23. The minimum Gasteiger partial charge on any atom is -0.325 e. The maximum absolute atomic E-state index is 12.1. The fourth-order valence-corrected chi connectivity index (χ4v) is 2.93. The van der Waals surface area contributed by atoms with Crippen molar-refractivity contribution in [2.75, 3.05) is 11.9 Å². The fraction of sp³-hybridized carbons (Fsp3) is 0.278. The summed E-state index contributed by atoms with van der Waals surface area (Å²) in [5.74, 6) is -0.0807. The molecule has 3 nitrogen and oxygen atoms in total. The fourth-order valence-electron chi connectivity index (χ4n) is 2.35. The summed E-state index contributed by atoms with van der Waals surface area (Å²) in [7, 11) is 0. The predicted molar refractivity (Wildman–Crippen MR) is 97.3 cm³/mol. The zero-order valence-electron chi connectivity index (χ0n) is 13.2. The molecule has 23 heavy (non-hydrogen) atoms. The molecule has 1 atom stereocenters. The normalized spacial score (nSPS) is 12.0. The third-order valence-electron chi connectivity index (χ3n) is 3.67. The lowest BCUT2D eigenvalue weighted by molar-refractivity contribution is -0.115. The number of carbonyl (C=O) groups is 1. The molecule has 2 rings (SSSR count). The van der Waals surface area contributed by atoms with E-state index in [0.717, 1.165) is 23.2 Å². The van der Waals surface area contributed by atoms with Gasteiger partial charge in [0.15, 0.2) is 0 Å². The summed E-state index contributed by atoms with van der Waals surface area (Å²) < 4.78 is 0. The molecular weight excluding hydrogens is 331 g/mol. The maximum Gasteiger partial charge on any atom is 0.238 e. The molecule has 1 amide bonds. The van der Waals surface area contributed by atoms with E-state index in [0.29, 0.717) is 10.0 Å². The number of anilines is 1. The zero-order valence-corrected chi connectivity index (χ0v) is 14.7. The van der Waals surface area contributed by atoms with Crippen molar-refractivity contribution in [1.82, 2.24) is 5.32 Å². The second-order valence-corrected chi connectivity index (χ2v) is 6.17. The number of benzene rings is 2. The van der Waals surface area contributed by atoms with Gasteiger partial charge in [0.2, 0.25) is 5.91 Å². The van der Waals surface area contributed by atoms with Crippen LogP contribution < -0.4 is 10.6 Å². The van der Waals surface area contributed by atoms with Gasteiger partial charge in [0.05, 0.1) is 6.54 Å². The number of aryl methyl sites for hydroxylation is 1. The molecule has 0 saturated heterocycles. The van der Waals surface area contributed by atoms with Gasteiger partial charge in [-0.2, -0.15) is 0 Å². The lowest BCUT2D eigenvalue weighted by Gasteiger charge is -2.16. The maximum atomic E-state index is 12.1. The van der Waals surface area contributed by atoms with Crippen LogP contribution >= 0.6 is 23.2 Å². The second-order valence-electron chi connectivity index (χ2n) is 5.33. The first-order chi connectivity index (χ1) is 11.0. The topological polar surface area (TPSA) is 41.1 Å². The Hall–Kier alpha value is -1.55. The Balaban J connectivity index is 1.93. The van der Waals surface area contributed by atoms with Crippen LogP contribution in [0.1, 0.15) is 31.0 Å². The third kappa shape index (κ3) is 4.96. The van der Waals surface area contributed by atoms with Gasteiger partial charge in [0, 0.05) is 21.8 Å². The van der Waals surface area contributed by atoms with Crippen LogP contribution in [0, 0.1) is 0 Å². The van der Waals surface area contributed by atoms with Crippen LogP contribution in [0.2, 0.25) is 10.0 Å². The number of halogens is 2. The molecule has 2 aromatic carbocycles. The molecule has 0 spiro atoms. The quantitative estimate of drug-likeness (QED) is 0.782. The van der Waals surface area contributed by atoms with Gasteiger partial charge in [0.1, 0.15) is 0 Å². The molecule has 0 aliphatic heterocycles. The zero-order chi connectivity index (χ0) is 16.8. The Morgan fingerprint density at radius 3 is 2.61 bits per heavy atom. The SMILES string of the molecule is CCc1ccccc1NC(=O)CN[C@@H](C)c1ccc(Cl)cc1Cl. The van der Waals surface area contributed by atoms with Crippen molar-refractivity contribution < 1.29 is 4.79 Å². The van der Waals surface area contributed by atoms with Crippen LogP contribution in [0.25, 0.3) is 0 Å². The van der Waals surface area contributed by atoms with Crippen molar-refractivity contribution in [2.45, 2.75) is 26.3 Å². The summed E-state index contributed by atoms with van der Waals surface area (Å²) >= 11 is 12.1. The highest BCUT2D eigenvalue weighted by molar-refractivity contribution is 6.35. The van der Waals surface area contributed by atoms with E-state index in [4.69, 9.17) is 23.2 Å². The summed E-state index contributed by atoms with van der Waals surface area (Å²) in [5.41, 5.74) is 2.89. The van der Waals surface area contributed by atoms with Crippen LogP contribution in [0.3, 0.4) is 0 Å². The number of rotatable bonds is 6. The lowest BCUT2D eigenvalue weighted by Crippen LogP contribution is -2.30. The standard InChI is InChI=1S/C18H20Cl2N2O/c1-3-13-6-4-5-7-17(13)22-18(23)11-21-12(2)15-9-8-14(19)10-16(15)20/h4-10,12,21H,3,11H2,1-2H3,(H,22,23)/t12-/m0/s1. The average Bonchev–Trinajstić information content (AvgIpc) is 2.53. The van der Waals surface area contributed by atoms with Crippen LogP contribution in [-0.2, 0) is 11.2 Å². The van der Waals surface area contributed by atoms with Gasteiger partial charge in [-0.05, 0) is 42.7 Å². The van der Waals surface area contributed by atoms with E-state index >= 15 is 0 Å². The first-order valence-electron chi connectivity index (χ1n) is 7.57. The molecule has 2 aromatic rings. The van der Waals surface area contributed by atoms with Gasteiger partial charge in [-0.3, -0.25) is 4.79 Å². The number of hydrogen-bond donors (Lipinski definition) is 2. The van der Waals surface area contributed by atoms with E-state index in [1.807, 2.05) is 37.3 Å². The highest BCUT2D eigenvalue weighted by Gasteiger charge is 2.12. The molecule has 0 bridgehead atoms. The Morgan fingerprint density at radius 1 is 1.17 bits per heavy atom. The Kier molecular flexibility index (Phi) is 6.46. The molecule has 0 radical (unpaired) electrons. The number of para-hydroxylation sites is 1. The van der Waals surface area contributed by atoms with Crippen molar-refractivity contribution in [1.29, 1.82) is 0 Å². The van der Waals surface area contributed by atoms with Crippen LogP contribution in [0.15, 0.2) is 42.5 Å². The number of hydrogen-bond acceptors (Lipinski definition) is 2. The molecular formula is C18H20Cl2N2O. The van der Waals surface area contributed by atoms with Crippen molar-refractivity contribution in [2.24, 2.45) is 0 Å². The van der Waals surface area contributed by atoms with Crippen molar-refractivity contribution in [3.63, 3.8) is 0 Å². The average molecular weight is 351 g/mol. The summed E-state index contributed by atoms with van der Waals surface area (Å²) in [6.07, 6.45) is 0.876. The van der Waals surface area contributed by atoms with Gasteiger partial charge in [-0.1, -0.05) is 54.4 Å². The smallest absolute Gasteiger partial charge is 0.238 e. The van der Waals surface area contributed by atoms with Crippen LogP contribution in [0.5, 0.6) is 0 Å². The van der Waals surface area contributed by atoms with Gasteiger partial charge < -0.3 is 10.6 Å². The molecule has 0 heterocycles. The first kappa shape index (κ1) is 17.8. The summed E-state index contributed by atoms with van der Waals surface area (Å²) in [5, 5.41) is 7.30. The molecule has 0 aliphatic rings. The minimum absolute atomic E-state index is 0.0491. The van der Waals surface area contributed by atoms with E-state index in [-0.39, 0.29) is 18.5 Å². The largest absolute Gasteiger partial charge is 0.325 e. The Bertz CT molecular complexity index is 688. The van der Waals surface area contributed by atoms with E-state index in [2.05, 4.69) is 17.6 Å². The molecule has 0 fully saturated rings. The van der Waals surface area contributed by atoms with E-state index in [1.54, 1.807) is 12.1 Å². The molecule has 0 aliphatic carbocycles. The van der Waals surface area contributed by atoms with E-state index < -0.39 is 0 Å². The van der Waals surface area contributed by atoms with E-state index in [9.17, 15) is 4.79 Å². The van der Waals surface area contributed by atoms with Crippen LogP contribution in [-0.4, -0.2) is 12.5 Å². The molecule has 5 heteroatoms. The van der Waals surface area contributed by atoms with Crippen molar-refractivity contribution in [3.05, 3.63) is 63.6 Å². The molecule has 0 aromatic heterocycles. The number of carbonyl (C=O) groups excluding carboxylic acids is 1. The van der Waals surface area contributed by atoms with Gasteiger partial charge >= 0.3 is 0 Å². The second kappa shape index (κ2) is 8.34. The molecule has 2 N–H and O–H groups in total. The molecule has 0 unspecified atom stereocenters. The van der Waals surface area contributed by atoms with Crippen LogP contribution in [0.4, 0.5) is 5.69 Å². The minimum atomic E-state index is -0.0807. The summed E-state index contributed by atoms with van der Waals surface area (Å²) in [6, 6.07) is 13.1. The van der Waals surface area contributed by atoms with Crippen molar-refractivity contribution in [3.8, 4) is 0 Å².